The number of allylic oxidation sites excluding steroid dienone is 1. The summed E-state index contributed by atoms with van der Waals surface area (Å²) >= 11 is 11.5. The summed E-state index contributed by atoms with van der Waals surface area (Å²) in [4.78, 5) is 12.6. The second-order valence-corrected chi connectivity index (χ2v) is 8.76. The highest BCUT2D eigenvalue weighted by atomic mass is 35.5. The Bertz CT molecular complexity index is 1080. The molecule has 2 atom stereocenters. The zero-order valence-corrected chi connectivity index (χ0v) is 17.1. The summed E-state index contributed by atoms with van der Waals surface area (Å²) in [5.74, 6) is -0.297. The van der Waals surface area contributed by atoms with Crippen LogP contribution in [0.1, 0.15) is 19.4 Å². The molecule has 0 aliphatic heterocycles. The van der Waals surface area contributed by atoms with Crippen molar-refractivity contribution in [3.8, 4) is 0 Å². The Morgan fingerprint density at radius 1 is 1.04 bits per heavy atom. The Hall–Kier alpha value is -2.36. The van der Waals surface area contributed by atoms with Crippen LogP contribution in [0.4, 0.5) is 0 Å². The zero-order valence-electron chi connectivity index (χ0n) is 15.6. The number of hydrogen-bond acceptors (Lipinski definition) is 2. The van der Waals surface area contributed by atoms with E-state index in [4.69, 9.17) is 23.2 Å². The van der Waals surface area contributed by atoms with Gasteiger partial charge in [0, 0.05) is 5.56 Å². The highest BCUT2D eigenvalue weighted by molar-refractivity contribution is 6.55. The van der Waals surface area contributed by atoms with E-state index >= 15 is 0 Å². The molecule has 1 amide bonds. The Morgan fingerprint density at radius 2 is 1.61 bits per heavy atom. The van der Waals surface area contributed by atoms with Crippen molar-refractivity contribution < 1.29 is 4.79 Å². The molecule has 1 aliphatic carbocycles. The minimum absolute atomic E-state index is 0.0195. The maximum absolute atomic E-state index is 12.6. The summed E-state index contributed by atoms with van der Waals surface area (Å²) in [6.45, 7) is 4.05. The van der Waals surface area contributed by atoms with E-state index in [9.17, 15) is 4.79 Å². The lowest BCUT2D eigenvalue weighted by Gasteiger charge is -2.08. The average molecular weight is 411 g/mol. The van der Waals surface area contributed by atoms with Crippen LogP contribution >= 0.6 is 23.2 Å². The van der Waals surface area contributed by atoms with E-state index in [-0.39, 0.29) is 27.6 Å². The van der Waals surface area contributed by atoms with Crippen LogP contribution in [0, 0.1) is 17.3 Å². The van der Waals surface area contributed by atoms with E-state index in [2.05, 4.69) is 40.9 Å². The lowest BCUT2D eigenvalue weighted by Crippen LogP contribution is -2.22. The monoisotopic (exact) mass is 410 g/mol. The highest BCUT2D eigenvalue weighted by Gasteiger charge is 2.60. The zero-order chi connectivity index (χ0) is 19.9. The van der Waals surface area contributed by atoms with Crippen LogP contribution in [0.3, 0.4) is 0 Å². The van der Waals surface area contributed by atoms with Crippen molar-refractivity contribution in [3.05, 3.63) is 70.7 Å². The summed E-state index contributed by atoms with van der Waals surface area (Å²) in [5, 5.41) is 8.74. The number of rotatable bonds is 4. The van der Waals surface area contributed by atoms with E-state index < -0.39 is 0 Å². The Morgan fingerprint density at radius 3 is 2.18 bits per heavy atom. The number of hydrazone groups is 1. The minimum Gasteiger partial charge on any atom is -0.273 e. The van der Waals surface area contributed by atoms with Gasteiger partial charge in [-0.25, -0.2) is 5.43 Å². The lowest BCUT2D eigenvalue weighted by atomic mass is 9.97. The van der Waals surface area contributed by atoms with E-state index in [0.29, 0.717) is 0 Å². The van der Waals surface area contributed by atoms with Crippen LogP contribution < -0.4 is 5.43 Å². The largest absolute Gasteiger partial charge is 0.273 e. The first-order valence-electron chi connectivity index (χ1n) is 9.16. The maximum Gasteiger partial charge on any atom is 0.244 e. The van der Waals surface area contributed by atoms with Crippen LogP contribution in [-0.4, -0.2) is 12.1 Å². The molecule has 28 heavy (non-hydrogen) atoms. The second-order valence-electron chi connectivity index (χ2n) is 7.75. The molecule has 1 saturated carbocycles. The van der Waals surface area contributed by atoms with Gasteiger partial charge in [-0.1, -0.05) is 85.6 Å². The number of fused-ring (bicyclic) bond motifs is 2. The first kappa shape index (κ1) is 19.0. The summed E-state index contributed by atoms with van der Waals surface area (Å²) < 4.78 is 0.194. The van der Waals surface area contributed by atoms with Crippen LogP contribution in [0.5, 0.6) is 0 Å². The topological polar surface area (TPSA) is 41.5 Å². The van der Waals surface area contributed by atoms with Gasteiger partial charge < -0.3 is 0 Å². The summed E-state index contributed by atoms with van der Waals surface area (Å²) in [6.07, 6.45) is 3.46. The highest BCUT2D eigenvalue weighted by Crippen LogP contribution is 2.59. The SMILES string of the molecule is CC1(C)[C@H](C=C(Cl)Cl)[C@@H]1C(=O)N/N=C\c1c2ccccc2cc2ccccc12. The van der Waals surface area contributed by atoms with Crippen LogP contribution in [-0.2, 0) is 4.79 Å². The van der Waals surface area contributed by atoms with Gasteiger partial charge in [0.25, 0.3) is 0 Å². The fraction of sp³-hybridized carbons (Fsp3) is 0.217. The predicted molar refractivity (Wildman–Crippen MR) is 118 cm³/mol. The Balaban J connectivity index is 1.62. The van der Waals surface area contributed by atoms with Crippen molar-refractivity contribution in [1.29, 1.82) is 0 Å². The molecule has 1 N–H and O–H groups in total. The quantitative estimate of drug-likeness (QED) is 0.318. The molecule has 142 valence electrons. The first-order chi connectivity index (χ1) is 13.4. The molecular weight excluding hydrogens is 391 g/mol. The second kappa shape index (κ2) is 7.23. The van der Waals surface area contributed by atoms with Crippen molar-refractivity contribution in [2.24, 2.45) is 22.4 Å². The Kier molecular flexibility index (Phi) is 4.90. The molecule has 0 aromatic heterocycles. The molecule has 0 bridgehead atoms. The Labute approximate surface area is 174 Å². The van der Waals surface area contributed by atoms with E-state index in [0.717, 1.165) is 27.1 Å². The minimum atomic E-state index is -0.193. The number of benzene rings is 3. The molecule has 3 aromatic carbocycles. The van der Waals surface area contributed by atoms with E-state index in [1.807, 2.05) is 38.1 Å². The molecule has 1 fully saturated rings. The molecular formula is C23H20Cl2N2O. The predicted octanol–water partition coefficient (Wildman–Crippen LogP) is 6.03. The van der Waals surface area contributed by atoms with Gasteiger partial charge in [-0.3, -0.25) is 4.79 Å². The normalized spacial score (nSPS) is 20.4. The smallest absolute Gasteiger partial charge is 0.244 e. The maximum atomic E-state index is 12.6. The van der Waals surface area contributed by atoms with Crippen molar-refractivity contribution in [3.63, 3.8) is 0 Å². The number of carbonyl (C=O) groups is 1. The summed E-state index contributed by atoms with van der Waals surface area (Å²) in [7, 11) is 0. The number of nitrogens with zero attached hydrogens (tertiary/aromatic N) is 1. The number of halogens is 2. The van der Waals surface area contributed by atoms with Gasteiger partial charge in [0.2, 0.25) is 5.91 Å². The molecule has 1 aliphatic rings. The number of hydrogen-bond donors (Lipinski definition) is 1. The average Bonchev–Trinajstić information content (AvgIpc) is 3.20. The number of nitrogens with one attached hydrogen (secondary N) is 1. The molecule has 5 heteroatoms. The van der Waals surface area contributed by atoms with E-state index in [1.54, 1.807) is 12.3 Å². The van der Waals surface area contributed by atoms with Crippen LogP contribution in [0.25, 0.3) is 21.5 Å². The molecule has 3 aromatic rings. The first-order valence-corrected chi connectivity index (χ1v) is 9.91. The van der Waals surface area contributed by atoms with Crippen molar-refractivity contribution in [1.82, 2.24) is 5.43 Å². The van der Waals surface area contributed by atoms with Gasteiger partial charge in [-0.15, -0.1) is 0 Å². The number of carbonyl (C=O) groups excluding carboxylic acids is 1. The standard InChI is InChI=1S/C23H20Cl2N2O/c1-23(2)19(12-20(24)25)21(23)22(28)27-26-13-18-16-9-5-3-7-14(16)11-15-8-4-6-10-17(15)18/h3-13,19,21H,1-2H3,(H,27,28)/b26-13-/t19-,21-/m1/s1. The van der Waals surface area contributed by atoms with Gasteiger partial charge in [0.1, 0.15) is 4.49 Å². The van der Waals surface area contributed by atoms with Gasteiger partial charge in [-0.05, 0) is 45.0 Å². The molecule has 0 spiro atoms. The fourth-order valence-electron chi connectivity index (χ4n) is 4.04. The third kappa shape index (κ3) is 3.41. The lowest BCUT2D eigenvalue weighted by molar-refractivity contribution is -0.123. The summed E-state index contributed by atoms with van der Waals surface area (Å²) in [6, 6.07) is 18.5. The third-order valence-electron chi connectivity index (χ3n) is 5.68. The van der Waals surface area contributed by atoms with Gasteiger partial charge in [-0.2, -0.15) is 5.10 Å². The molecule has 0 radical (unpaired) electrons. The van der Waals surface area contributed by atoms with Gasteiger partial charge in [0.05, 0.1) is 12.1 Å². The van der Waals surface area contributed by atoms with Crippen LogP contribution in [0.15, 0.2) is 70.3 Å². The molecule has 0 unspecified atom stereocenters. The van der Waals surface area contributed by atoms with Crippen LogP contribution in [0.2, 0.25) is 0 Å². The van der Waals surface area contributed by atoms with Crippen molar-refractivity contribution >= 4 is 56.9 Å². The molecule has 4 rings (SSSR count). The van der Waals surface area contributed by atoms with E-state index in [1.165, 1.54) is 0 Å². The van der Waals surface area contributed by atoms with Gasteiger partial charge in [0.15, 0.2) is 0 Å². The fourth-order valence-corrected chi connectivity index (χ4v) is 4.31. The molecule has 0 saturated heterocycles. The van der Waals surface area contributed by atoms with Gasteiger partial charge >= 0.3 is 0 Å². The summed E-state index contributed by atoms with van der Waals surface area (Å²) in [5.41, 5.74) is 3.51. The third-order valence-corrected chi connectivity index (χ3v) is 5.93. The number of amides is 1. The molecule has 0 heterocycles. The van der Waals surface area contributed by atoms with Crippen molar-refractivity contribution in [2.45, 2.75) is 13.8 Å². The van der Waals surface area contributed by atoms with Crippen molar-refractivity contribution in [2.75, 3.05) is 0 Å². The molecule has 3 nitrogen and oxygen atoms in total.